The van der Waals surface area contributed by atoms with Gasteiger partial charge in [-0.05, 0) is 41.3 Å². The highest BCUT2D eigenvalue weighted by atomic mass is 16.1. The van der Waals surface area contributed by atoms with E-state index in [1.165, 1.54) is 0 Å². The highest BCUT2D eigenvalue weighted by Crippen LogP contribution is 2.25. The van der Waals surface area contributed by atoms with Gasteiger partial charge in [0.05, 0.1) is 11.9 Å². The zero-order chi connectivity index (χ0) is 14.8. The number of pyridine rings is 1. The van der Waals surface area contributed by atoms with Gasteiger partial charge in [0.2, 0.25) is 5.91 Å². The van der Waals surface area contributed by atoms with Gasteiger partial charge in [-0.15, -0.1) is 0 Å². The summed E-state index contributed by atoms with van der Waals surface area (Å²) in [5.74, 6) is -0.423. The fraction of sp³-hybridized carbons (Fsp3) is 0.250. The molecule has 0 spiro atoms. The second-order valence-electron chi connectivity index (χ2n) is 5.78. The molecule has 0 aliphatic rings. The third kappa shape index (κ3) is 3.35. The number of rotatable bonds is 3. The number of hydrogen-bond donors (Lipinski definition) is 2. The molecule has 4 heteroatoms. The van der Waals surface area contributed by atoms with Crippen molar-refractivity contribution in [2.45, 2.75) is 26.2 Å². The number of anilines is 2. The van der Waals surface area contributed by atoms with Crippen LogP contribution in [0.4, 0.5) is 11.4 Å². The molecule has 0 fully saturated rings. The molecule has 0 aliphatic carbocycles. The van der Waals surface area contributed by atoms with E-state index in [1.807, 2.05) is 18.3 Å². The second kappa shape index (κ2) is 5.33. The van der Waals surface area contributed by atoms with Crippen LogP contribution in [0.25, 0.3) is 0 Å². The van der Waals surface area contributed by atoms with Crippen molar-refractivity contribution in [1.29, 1.82) is 0 Å². The highest BCUT2D eigenvalue weighted by Gasteiger charge is 2.14. The first-order chi connectivity index (χ1) is 9.36. The summed E-state index contributed by atoms with van der Waals surface area (Å²) < 4.78 is 0. The van der Waals surface area contributed by atoms with Crippen molar-refractivity contribution >= 4 is 17.3 Å². The topological polar surface area (TPSA) is 68.0 Å². The Kier molecular flexibility index (Phi) is 3.74. The molecule has 0 atom stereocenters. The van der Waals surface area contributed by atoms with E-state index in [-0.39, 0.29) is 5.41 Å². The summed E-state index contributed by atoms with van der Waals surface area (Å²) in [6.07, 6.45) is 3.65. The normalized spacial score (nSPS) is 11.2. The van der Waals surface area contributed by atoms with Crippen LogP contribution in [0.3, 0.4) is 0 Å². The summed E-state index contributed by atoms with van der Waals surface area (Å²) in [4.78, 5) is 15.3. The predicted molar refractivity (Wildman–Crippen MR) is 81.2 cm³/mol. The van der Waals surface area contributed by atoms with Gasteiger partial charge in [-0.3, -0.25) is 9.78 Å². The van der Waals surface area contributed by atoms with Crippen LogP contribution < -0.4 is 11.1 Å². The van der Waals surface area contributed by atoms with Crippen molar-refractivity contribution in [3.8, 4) is 0 Å². The maximum absolute atomic E-state index is 11.0. The molecule has 2 rings (SSSR count). The van der Waals surface area contributed by atoms with Gasteiger partial charge in [0, 0.05) is 17.4 Å². The molecule has 104 valence electrons. The summed E-state index contributed by atoms with van der Waals surface area (Å²) >= 11 is 0. The van der Waals surface area contributed by atoms with E-state index in [1.54, 1.807) is 18.3 Å². The van der Waals surface area contributed by atoms with Crippen LogP contribution in [0.1, 0.15) is 36.7 Å². The third-order valence-electron chi connectivity index (χ3n) is 3.06. The number of nitrogens with two attached hydrogens (primary N) is 1. The summed E-state index contributed by atoms with van der Waals surface area (Å²) in [5.41, 5.74) is 8.74. The summed E-state index contributed by atoms with van der Waals surface area (Å²) in [6, 6.07) is 9.13. The lowest BCUT2D eigenvalue weighted by molar-refractivity contribution is 0.100. The molecule has 4 nitrogen and oxygen atoms in total. The summed E-state index contributed by atoms with van der Waals surface area (Å²) in [5, 5.41) is 3.27. The molecule has 20 heavy (non-hydrogen) atoms. The standard InChI is InChI=1S/C16H19N3O/c1-16(2,3)12-8-14(10-18-9-12)19-13-6-4-11(5-7-13)15(17)20/h4-10,19H,1-3H3,(H2,17,20). The highest BCUT2D eigenvalue weighted by molar-refractivity contribution is 5.93. The molecule has 0 saturated heterocycles. The van der Waals surface area contributed by atoms with Crippen LogP contribution in [-0.2, 0) is 5.41 Å². The Balaban J connectivity index is 2.20. The van der Waals surface area contributed by atoms with Crippen LogP contribution in [0.15, 0.2) is 42.7 Å². The first-order valence-electron chi connectivity index (χ1n) is 6.49. The molecule has 1 aromatic carbocycles. The minimum absolute atomic E-state index is 0.0561. The van der Waals surface area contributed by atoms with Crippen LogP contribution in [0, 0.1) is 0 Å². The molecule has 1 aromatic heterocycles. The van der Waals surface area contributed by atoms with E-state index in [0.717, 1.165) is 16.9 Å². The fourth-order valence-electron chi connectivity index (χ4n) is 1.80. The molecule has 3 N–H and O–H groups in total. The van der Waals surface area contributed by atoms with Gasteiger partial charge in [-0.25, -0.2) is 0 Å². The van der Waals surface area contributed by atoms with Crippen LogP contribution >= 0.6 is 0 Å². The minimum atomic E-state index is -0.423. The molecule has 1 heterocycles. The second-order valence-corrected chi connectivity index (χ2v) is 5.78. The van der Waals surface area contributed by atoms with Gasteiger partial charge in [-0.2, -0.15) is 0 Å². The van der Waals surface area contributed by atoms with Gasteiger partial charge in [-0.1, -0.05) is 20.8 Å². The maximum atomic E-state index is 11.0. The van der Waals surface area contributed by atoms with Crippen molar-refractivity contribution in [2.24, 2.45) is 5.73 Å². The zero-order valence-corrected chi connectivity index (χ0v) is 12.0. The average molecular weight is 269 g/mol. The molecule has 0 unspecified atom stereocenters. The number of nitrogens with zero attached hydrogens (tertiary/aromatic N) is 1. The lowest BCUT2D eigenvalue weighted by Crippen LogP contribution is -2.12. The zero-order valence-electron chi connectivity index (χ0n) is 12.0. The van der Waals surface area contributed by atoms with E-state index < -0.39 is 5.91 Å². The molecule has 0 aliphatic heterocycles. The van der Waals surface area contributed by atoms with Crippen molar-refractivity contribution in [2.75, 3.05) is 5.32 Å². The molecule has 1 amide bonds. The van der Waals surface area contributed by atoms with Crippen molar-refractivity contribution in [1.82, 2.24) is 4.98 Å². The van der Waals surface area contributed by atoms with E-state index >= 15 is 0 Å². The van der Waals surface area contributed by atoms with Gasteiger partial charge >= 0.3 is 0 Å². The lowest BCUT2D eigenvalue weighted by Gasteiger charge is -2.19. The fourth-order valence-corrected chi connectivity index (χ4v) is 1.80. The van der Waals surface area contributed by atoms with Crippen LogP contribution in [0.2, 0.25) is 0 Å². The van der Waals surface area contributed by atoms with Crippen LogP contribution in [-0.4, -0.2) is 10.9 Å². The summed E-state index contributed by atoms with van der Waals surface area (Å²) in [6.45, 7) is 6.44. The molecule has 2 aromatic rings. The monoisotopic (exact) mass is 269 g/mol. The Labute approximate surface area is 119 Å². The average Bonchev–Trinajstić information content (AvgIpc) is 2.38. The number of primary amides is 1. The minimum Gasteiger partial charge on any atom is -0.366 e. The Bertz CT molecular complexity index is 612. The lowest BCUT2D eigenvalue weighted by atomic mass is 9.88. The predicted octanol–water partition coefficient (Wildman–Crippen LogP) is 3.22. The van der Waals surface area contributed by atoms with Gasteiger partial charge in [0.1, 0.15) is 0 Å². The number of aromatic nitrogens is 1. The number of carbonyl (C=O) groups is 1. The number of nitrogens with one attached hydrogen (secondary N) is 1. The van der Waals surface area contributed by atoms with Crippen molar-refractivity contribution in [3.05, 3.63) is 53.9 Å². The molecule has 0 saturated carbocycles. The number of hydrogen-bond acceptors (Lipinski definition) is 3. The van der Waals surface area contributed by atoms with E-state index in [9.17, 15) is 4.79 Å². The quantitative estimate of drug-likeness (QED) is 0.899. The SMILES string of the molecule is CC(C)(C)c1cncc(Nc2ccc(C(N)=O)cc2)c1. The molecular weight excluding hydrogens is 250 g/mol. The molecule has 0 bridgehead atoms. The van der Waals surface area contributed by atoms with E-state index in [0.29, 0.717) is 5.56 Å². The van der Waals surface area contributed by atoms with Crippen LogP contribution in [0.5, 0.6) is 0 Å². The van der Waals surface area contributed by atoms with Crippen molar-refractivity contribution in [3.63, 3.8) is 0 Å². The van der Waals surface area contributed by atoms with Gasteiger partial charge in [0.25, 0.3) is 0 Å². The first kappa shape index (κ1) is 14.1. The van der Waals surface area contributed by atoms with Gasteiger partial charge < -0.3 is 11.1 Å². The van der Waals surface area contributed by atoms with Gasteiger partial charge in [0.15, 0.2) is 0 Å². The Morgan fingerprint density at radius 3 is 2.30 bits per heavy atom. The largest absolute Gasteiger partial charge is 0.366 e. The number of carbonyl (C=O) groups excluding carboxylic acids is 1. The first-order valence-corrected chi connectivity index (χ1v) is 6.49. The third-order valence-corrected chi connectivity index (χ3v) is 3.06. The molecular formula is C16H19N3O. The van der Waals surface area contributed by atoms with E-state index in [4.69, 9.17) is 5.73 Å². The summed E-state index contributed by atoms with van der Waals surface area (Å²) in [7, 11) is 0. The maximum Gasteiger partial charge on any atom is 0.248 e. The Hall–Kier alpha value is -2.36. The Morgan fingerprint density at radius 1 is 1.10 bits per heavy atom. The number of amides is 1. The smallest absolute Gasteiger partial charge is 0.248 e. The number of benzene rings is 1. The Morgan fingerprint density at radius 2 is 1.75 bits per heavy atom. The van der Waals surface area contributed by atoms with E-state index in [2.05, 4.69) is 37.1 Å². The van der Waals surface area contributed by atoms with Crippen molar-refractivity contribution < 1.29 is 4.79 Å². The molecule has 0 radical (unpaired) electrons.